The lowest BCUT2D eigenvalue weighted by molar-refractivity contribution is 0.355. The molecule has 27 heavy (non-hydrogen) atoms. The van der Waals surface area contributed by atoms with Crippen LogP contribution in [0.3, 0.4) is 0 Å². The Kier molecular flexibility index (Phi) is 7.04. The van der Waals surface area contributed by atoms with Crippen LogP contribution in [0.4, 0.5) is 11.5 Å². The van der Waals surface area contributed by atoms with E-state index in [0.717, 1.165) is 55.8 Å². The second-order valence-electron chi connectivity index (χ2n) is 7.73. The molecule has 0 spiro atoms. The Bertz CT molecular complexity index is 707. The minimum Gasteiger partial charge on any atom is -0.362 e. The predicted molar refractivity (Wildman–Crippen MR) is 118 cm³/mol. The van der Waals surface area contributed by atoms with Gasteiger partial charge in [0.15, 0.2) is 5.11 Å². The number of piperidine rings is 1. The number of aryl methyl sites for hydroxylation is 1. The zero-order chi connectivity index (χ0) is 19.1. The first kappa shape index (κ1) is 19.6. The average Bonchev–Trinajstić information content (AvgIpc) is 2.66. The van der Waals surface area contributed by atoms with Gasteiger partial charge in [0, 0.05) is 19.6 Å². The van der Waals surface area contributed by atoms with Crippen LogP contribution in [-0.2, 0) is 6.42 Å². The molecule has 2 aromatic rings. The minimum absolute atomic E-state index is 0.651. The van der Waals surface area contributed by atoms with E-state index in [9.17, 15) is 0 Å². The van der Waals surface area contributed by atoms with Crippen LogP contribution in [-0.4, -0.2) is 29.7 Å². The van der Waals surface area contributed by atoms with E-state index in [-0.39, 0.29) is 0 Å². The molecule has 4 nitrogen and oxygen atoms in total. The van der Waals surface area contributed by atoms with Gasteiger partial charge < -0.3 is 15.5 Å². The van der Waals surface area contributed by atoms with Crippen LogP contribution in [0.5, 0.6) is 0 Å². The summed E-state index contributed by atoms with van der Waals surface area (Å²) in [6.07, 6.45) is 5.28. The van der Waals surface area contributed by atoms with Gasteiger partial charge in [-0.15, -0.1) is 0 Å². The Labute approximate surface area is 168 Å². The van der Waals surface area contributed by atoms with Gasteiger partial charge >= 0.3 is 0 Å². The van der Waals surface area contributed by atoms with Crippen LogP contribution in [0.15, 0.2) is 48.7 Å². The van der Waals surface area contributed by atoms with Crippen LogP contribution >= 0.6 is 12.2 Å². The first-order valence-electron chi connectivity index (χ1n) is 9.90. The maximum Gasteiger partial charge on any atom is 0.170 e. The Hall–Kier alpha value is -2.14. The quantitative estimate of drug-likeness (QED) is 0.569. The summed E-state index contributed by atoms with van der Waals surface area (Å²) in [6.45, 7) is 7.67. The topological polar surface area (TPSA) is 40.2 Å². The summed E-state index contributed by atoms with van der Waals surface area (Å²) >= 11 is 5.39. The van der Waals surface area contributed by atoms with Gasteiger partial charge in [0.05, 0.1) is 11.9 Å². The summed E-state index contributed by atoms with van der Waals surface area (Å²) in [6, 6.07) is 14.7. The third-order valence-electron chi connectivity index (χ3n) is 4.97. The Morgan fingerprint density at radius 2 is 1.85 bits per heavy atom. The van der Waals surface area contributed by atoms with E-state index in [1.165, 1.54) is 12.0 Å². The third-order valence-corrected chi connectivity index (χ3v) is 5.22. The molecule has 2 atom stereocenters. The molecule has 1 aliphatic rings. The second-order valence-corrected chi connectivity index (χ2v) is 8.13. The third kappa shape index (κ3) is 6.21. The van der Waals surface area contributed by atoms with E-state index in [0.29, 0.717) is 5.11 Å². The maximum atomic E-state index is 5.39. The van der Waals surface area contributed by atoms with Crippen molar-refractivity contribution in [2.45, 2.75) is 33.1 Å². The van der Waals surface area contributed by atoms with Crippen molar-refractivity contribution in [1.29, 1.82) is 0 Å². The van der Waals surface area contributed by atoms with Gasteiger partial charge in [0.1, 0.15) is 5.82 Å². The van der Waals surface area contributed by atoms with Crippen molar-refractivity contribution in [2.24, 2.45) is 11.8 Å². The highest BCUT2D eigenvalue weighted by atomic mass is 32.1. The SMILES string of the molecule is C[C@H]1C[C@H](C)CN(c2ccc(NC(=S)NCCCc3ccccc3)cn2)C1. The zero-order valence-electron chi connectivity index (χ0n) is 16.3. The van der Waals surface area contributed by atoms with Crippen molar-refractivity contribution in [3.63, 3.8) is 0 Å². The summed E-state index contributed by atoms with van der Waals surface area (Å²) in [7, 11) is 0. The summed E-state index contributed by atoms with van der Waals surface area (Å²) in [5.74, 6) is 2.50. The molecule has 0 unspecified atom stereocenters. The van der Waals surface area contributed by atoms with Gasteiger partial charge in [-0.2, -0.15) is 0 Å². The molecule has 1 saturated heterocycles. The van der Waals surface area contributed by atoms with Crippen molar-refractivity contribution in [3.05, 3.63) is 54.2 Å². The van der Waals surface area contributed by atoms with Crippen LogP contribution in [0.25, 0.3) is 0 Å². The van der Waals surface area contributed by atoms with Gasteiger partial charge in [0.25, 0.3) is 0 Å². The van der Waals surface area contributed by atoms with Crippen LogP contribution < -0.4 is 15.5 Å². The largest absolute Gasteiger partial charge is 0.362 e. The Balaban J connectivity index is 1.41. The fourth-order valence-electron chi connectivity index (χ4n) is 3.81. The number of hydrogen-bond donors (Lipinski definition) is 2. The fraction of sp³-hybridized carbons (Fsp3) is 0.455. The van der Waals surface area contributed by atoms with Gasteiger partial charge in [0.2, 0.25) is 0 Å². The number of aromatic nitrogens is 1. The molecule has 1 aliphatic heterocycles. The number of benzene rings is 1. The lowest BCUT2D eigenvalue weighted by Crippen LogP contribution is -2.39. The number of anilines is 2. The highest BCUT2D eigenvalue weighted by molar-refractivity contribution is 7.80. The maximum absolute atomic E-state index is 5.39. The number of nitrogens with zero attached hydrogens (tertiary/aromatic N) is 2. The minimum atomic E-state index is 0.651. The highest BCUT2D eigenvalue weighted by Gasteiger charge is 2.22. The van der Waals surface area contributed by atoms with Gasteiger partial charge in [-0.25, -0.2) is 4.98 Å². The summed E-state index contributed by atoms with van der Waals surface area (Å²) < 4.78 is 0. The number of pyridine rings is 1. The molecule has 1 fully saturated rings. The molecular formula is C22H30N4S. The smallest absolute Gasteiger partial charge is 0.170 e. The normalized spacial score (nSPS) is 19.6. The van der Waals surface area contributed by atoms with E-state index in [1.54, 1.807) is 0 Å². The molecule has 2 N–H and O–H groups in total. The molecule has 5 heteroatoms. The van der Waals surface area contributed by atoms with E-state index < -0.39 is 0 Å². The van der Waals surface area contributed by atoms with Gasteiger partial charge in [-0.05, 0) is 61.0 Å². The standard InChI is InChI=1S/C22H30N4S/c1-17-13-18(2)16-26(15-17)21-11-10-20(14-24-21)25-22(27)23-12-6-9-19-7-4-3-5-8-19/h3-5,7-8,10-11,14,17-18H,6,9,12-13,15-16H2,1-2H3,(H2,23,25,27)/t17-,18-/m0/s1. The van der Waals surface area contributed by atoms with Crippen LogP contribution in [0.1, 0.15) is 32.3 Å². The number of thiocarbonyl (C=S) groups is 1. The van der Waals surface area contributed by atoms with Crippen LogP contribution in [0, 0.1) is 11.8 Å². The van der Waals surface area contributed by atoms with E-state index in [2.05, 4.69) is 70.8 Å². The summed E-state index contributed by atoms with van der Waals surface area (Å²) in [5.41, 5.74) is 2.29. The molecule has 0 saturated carbocycles. The molecule has 0 bridgehead atoms. The fourth-order valence-corrected chi connectivity index (χ4v) is 4.03. The van der Waals surface area contributed by atoms with E-state index >= 15 is 0 Å². The van der Waals surface area contributed by atoms with Crippen molar-refractivity contribution in [3.8, 4) is 0 Å². The predicted octanol–water partition coefficient (Wildman–Crippen LogP) is 4.48. The van der Waals surface area contributed by atoms with Crippen molar-refractivity contribution >= 4 is 28.8 Å². The molecule has 2 heterocycles. The van der Waals surface area contributed by atoms with Crippen molar-refractivity contribution in [2.75, 3.05) is 29.9 Å². The van der Waals surface area contributed by atoms with Crippen LogP contribution in [0.2, 0.25) is 0 Å². The molecule has 1 aromatic carbocycles. The Morgan fingerprint density at radius 3 is 2.52 bits per heavy atom. The van der Waals surface area contributed by atoms with Crippen molar-refractivity contribution in [1.82, 2.24) is 10.3 Å². The van der Waals surface area contributed by atoms with Gasteiger partial charge in [-0.1, -0.05) is 44.2 Å². The lowest BCUT2D eigenvalue weighted by Gasteiger charge is -2.35. The van der Waals surface area contributed by atoms with Gasteiger partial charge in [-0.3, -0.25) is 0 Å². The average molecular weight is 383 g/mol. The molecule has 0 radical (unpaired) electrons. The summed E-state index contributed by atoms with van der Waals surface area (Å²) in [4.78, 5) is 7.03. The number of rotatable bonds is 6. The molecule has 0 amide bonds. The highest BCUT2D eigenvalue weighted by Crippen LogP contribution is 2.25. The van der Waals surface area contributed by atoms with E-state index in [1.807, 2.05) is 12.3 Å². The molecule has 3 rings (SSSR count). The summed E-state index contributed by atoms with van der Waals surface area (Å²) in [5, 5.41) is 7.15. The molecule has 1 aromatic heterocycles. The first-order valence-corrected chi connectivity index (χ1v) is 10.3. The van der Waals surface area contributed by atoms with E-state index in [4.69, 9.17) is 12.2 Å². The monoisotopic (exact) mass is 382 g/mol. The number of hydrogen-bond acceptors (Lipinski definition) is 3. The first-order chi connectivity index (χ1) is 13.1. The zero-order valence-corrected chi connectivity index (χ0v) is 17.1. The molecule has 0 aliphatic carbocycles. The molecule has 144 valence electrons. The lowest BCUT2D eigenvalue weighted by atomic mass is 9.92. The Morgan fingerprint density at radius 1 is 1.11 bits per heavy atom. The molecular weight excluding hydrogens is 352 g/mol. The number of nitrogens with one attached hydrogen (secondary N) is 2. The van der Waals surface area contributed by atoms with Crippen molar-refractivity contribution < 1.29 is 0 Å². The second kappa shape index (κ2) is 9.70.